The van der Waals surface area contributed by atoms with Gasteiger partial charge in [0.1, 0.15) is 0 Å². The van der Waals surface area contributed by atoms with E-state index >= 15 is 0 Å². The van der Waals surface area contributed by atoms with Crippen LogP contribution in [0.1, 0.15) is 30.5 Å². The second-order valence-electron chi connectivity index (χ2n) is 3.53. The second-order valence-corrected chi connectivity index (χ2v) is 4.70. The molecule has 94 valence electrons. The maximum Gasteiger partial charge on any atom is 0.0771 e. The van der Waals surface area contributed by atoms with Gasteiger partial charge >= 0.3 is 0 Å². The molecule has 2 nitrogen and oxygen atoms in total. The van der Waals surface area contributed by atoms with E-state index in [9.17, 15) is 0 Å². The average molecular weight is 251 g/mol. The first kappa shape index (κ1) is 14.2. The Balaban J connectivity index is 0.000000686. The minimum atomic E-state index is 0.868. The Bertz CT molecular complexity index is 369. The number of morpholine rings is 1. The minimum Gasteiger partial charge on any atom is -0.379 e. The molecular formula is C14H21NOS. The van der Waals surface area contributed by atoms with Gasteiger partial charge in [0, 0.05) is 24.5 Å². The maximum absolute atomic E-state index is 5.32. The summed E-state index contributed by atoms with van der Waals surface area (Å²) in [4.78, 5) is 4.99. The first-order chi connectivity index (χ1) is 8.38. The Morgan fingerprint density at radius 2 is 2.00 bits per heavy atom. The van der Waals surface area contributed by atoms with Gasteiger partial charge in [0.25, 0.3) is 0 Å². The summed E-state index contributed by atoms with van der Waals surface area (Å²) in [5, 5.41) is 0. The molecule has 0 aliphatic carbocycles. The van der Waals surface area contributed by atoms with Gasteiger partial charge < -0.3 is 4.74 Å². The Kier molecular flexibility index (Phi) is 6.95. The van der Waals surface area contributed by atoms with Crippen molar-refractivity contribution in [1.82, 2.24) is 4.90 Å². The lowest BCUT2D eigenvalue weighted by atomic mass is 10.3. The lowest BCUT2D eigenvalue weighted by molar-refractivity contribution is 0.0346. The normalized spacial score (nSPS) is 15.5. The zero-order valence-corrected chi connectivity index (χ0v) is 11.8. The Hall–Kier alpha value is -0.820. The maximum atomic E-state index is 5.32. The second kappa shape index (κ2) is 8.30. The molecule has 1 aromatic rings. The molecule has 0 unspecified atom stereocenters. The van der Waals surface area contributed by atoms with E-state index in [1.165, 1.54) is 9.75 Å². The van der Waals surface area contributed by atoms with Crippen molar-refractivity contribution in [3.63, 3.8) is 0 Å². The third-order valence-corrected chi connectivity index (χ3v) is 3.38. The molecule has 1 saturated heterocycles. The highest BCUT2D eigenvalue weighted by Gasteiger charge is 2.11. The molecule has 0 amide bonds. The van der Waals surface area contributed by atoms with E-state index in [-0.39, 0.29) is 0 Å². The van der Waals surface area contributed by atoms with Crippen molar-refractivity contribution in [2.45, 2.75) is 27.3 Å². The van der Waals surface area contributed by atoms with Crippen LogP contribution in [0.15, 0.2) is 12.1 Å². The van der Waals surface area contributed by atoms with Crippen molar-refractivity contribution in [2.24, 2.45) is 0 Å². The van der Waals surface area contributed by atoms with Crippen molar-refractivity contribution in [2.75, 3.05) is 26.3 Å². The van der Waals surface area contributed by atoms with E-state index in [4.69, 9.17) is 4.74 Å². The van der Waals surface area contributed by atoms with Gasteiger partial charge in [0.15, 0.2) is 0 Å². The zero-order chi connectivity index (χ0) is 12.5. The molecule has 0 N–H and O–H groups in total. The van der Waals surface area contributed by atoms with Crippen LogP contribution in [-0.4, -0.2) is 31.2 Å². The topological polar surface area (TPSA) is 12.5 Å². The van der Waals surface area contributed by atoms with Crippen LogP contribution in [0.3, 0.4) is 0 Å². The van der Waals surface area contributed by atoms with Gasteiger partial charge in [-0.1, -0.05) is 19.8 Å². The number of thiophene rings is 1. The number of nitrogens with zero attached hydrogens (tertiary/aromatic N) is 1. The Morgan fingerprint density at radius 1 is 1.29 bits per heavy atom. The monoisotopic (exact) mass is 251 g/mol. The van der Waals surface area contributed by atoms with E-state index in [2.05, 4.69) is 28.9 Å². The predicted octanol–water partition coefficient (Wildman–Crippen LogP) is 2.98. The first-order valence-corrected chi connectivity index (χ1v) is 7.02. The lowest BCUT2D eigenvalue weighted by Gasteiger charge is -2.25. The highest BCUT2D eigenvalue weighted by Crippen LogP contribution is 2.17. The molecule has 1 aliphatic heterocycles. The highest BCUT2D eigenvalue weighted by atomic mass is 32.1. The molecular weight excluding hydrogens is 230 g/mol. The quantitative estimate of drug-likeness (QED) is 0.749. The first-order valence-electron chi connectivity index (χ1n) is 6.20. The van der Waals surface area contributed by atoms with Crippen molar-refractivity contribution >= 4 is 11.3 Å². The number of hydrogen-bond acceptors (Lipinski definition) is 3. The van der Waals surface area contributed by atoms with E-state index in [0.29, 0.717) is 0 Å². The van der Waals surface area contributed by atoms with Gasteiger partial charge in [-0.05, 0) is 19.1 Å². The fourth-order valence-electron chi connectivity index (χ4n) is 1.63. The van der Waals surface area contributed by atoms with Gasteiger partial charge in [-0.3, -0.25) is 4.90 Å². The molecule has 0 saturated carbocycles. The third-order valence-electron chi connectivity index (χ3n) is 2.39. The summed E-state index contributed by atoms with van der Waals surface area (Å²) >= 11 is 1.80. The van der Waals surface area contributed by atoms with E-state index < -0.39 is 0 Å². The SMILES string of the molecule is CC.CC#Cc1ccc(CN2CCOCC2)s1. The molecule has 1 aliphatic rings. The van der Waals surface area contributed by atoms with E-state index in [0.717, 1.165) is 32.8 Å². The molecule has 0 bridgehead atoms. The van der Waals surface area contributed by atoms with Crippen LogP contribution >= 0.6 is 11.3 Å². The van der Waals surface area contributed by atoms with Gasteiger partial charge in [-0.25, -0.2) is 0 Å². The average Bonchev–Trinajstić information content (AvgIpc) is 2.81. The molecule has 17 heavy (non-hydrogen) atoms. The van der Waals surface area contributed by atoms with Crippen LogP contribution in [0.5, 0.6) is 0 Å². The molecule has 1 aromatic heterocycles. The fourth-order valence-corrected chi connectivity index (χ4v) is 2.59. The summed E-state index contributed by atoms with van der Waals surface area (Å²) in [6, 6.07) is 4.29. The van der Waals surface area contributed by atoms with Crippen LogP contribution in [-0.2, 0) is 11.3 Å². The summed E-state index contributed by atoms with van der Waals surface area (Å²) in [5.41, 5.74) is 0. The molecule has 0 radical (unpaired) electrons. The molecule has 0 aromatic carbocycles. The highest BCUT2D eigenvalue weighted by molar-refractivity contribution is 7.12. The van der Waals surface area contributed by atoms with Crippen LogP contribution in [0.2, 0.25) is 0 Å². The summed E-state index contributed by atoms with van der Waals surface area (Å²) in [7, 11) is 0. The summed E-state index contributed by atoms with van der Waals surface area (Å²) in [6.07, 6.45) is 0. The largest absolute Gasteiger partial charge is 0.379 e. The standard InChI is InChI=1S/C12H15NOS.C2H6/c1-2-3-11-4-5-12(15-11)10-13-6-8-14-9-7-13;1-2/h4-5H,6-10H2,1H3;1-2H3. The van der Waals surface area contributed by atoms with Crippen LogP contribution in [0.4, 0.5) is 0 Å². The molecule has 0 atom stereocenters. The minimum absolute atomic E-state index is 0.868. The summed E-state index contributed by atoms with van der Waals surface area (Å²) in [5.74, 6) is 6.02. The van der Waals surface area contributed by atoms with Crippen molar-refractivity contribution in [3.8, 4) is 11.8 Å². The lowest BCUT2D eigenvalue weighted by Crippen LogP contribution is -2.35. The Morgan fingerprint density at radius 3 is 2.65 bits per heavy atom. The Labute approximate surface area is 109 Å². The van der Waals surface area contributed by atoms with Crippen molar-refractivity contribution < 1.29 is 4.74 Å². The zero-order valence-electron chi connectivity index (χ0n) is 11.0. The van der Waals surface area contributed by atoms with Gasteiger partial charge in [0.05, 0.1) is 18.1 Å². The molecule has 2 rings (SSSR count). The molecule has 0 spiro atoms. The van der Waals surface area contributed by atoms with Gasteiger partial charge in [0.2, 0.25) is 0 Å². The number of ether oxygens (including phenoxy) is 1. The number of hydrogen-bond donors (Lipinski definition) is 0. The van der Waals surface area contributed by atoms with Gasteiger partial charge in [-0.2, -0.15) is 0 Å². The molecule has 3 heteroatoms. The van der Waals surface area contributed by atoms with Crippen molar-refractivity contribution in [1.29, 1.82) is 0 Å². The van der Waals surface area contributed by atoms with Crippen molar-refractivity contribution in [3.05, 3.63) is 21.9 Å². The van der Waals surface area contributed by atoms with E-state index in [1.807, 2.05) is 20.8 Å². The van der Waals surface area contributed by atoms with Crippen LogP contribution in [0, 0.1) is 11.8 Å². The van der Waals surface area contributed by atoms with Crippen LogP contribution in [0.25, 0.3) is 0 Å². The third kappa shape index (κ3) is 4.91. The molecule has 2 heterocycles. The predicted molar refractivity (Wildman–Crippen MR) is 74.3 cm³/mol. The fraction of sp³-hybridized carbons (Fsp3) is 0.571. The summed E-state index contributed by atoms with van der Waals surface area (Å²) in [6.45, 7) is 10.8. The summed E-state index contributed by atoms with van der Waals surface area (Å²) < 4.78 is 5.32. The number of rotatable bonds is 2. The smallest absolute Gasteiger partial charge is 0.0771 e. The van der Waals surface area contributed by atoms with Crippen LogP contribution < -0.4 is 0 Å². The molecule has 1 fully saturated rings. The van der Waals surface area contributed by atoms with Gasteiger partial charge in [-0.15, -0.1) is 17.3 Å². The van der Waals surface area contributed by atoms with E-state index in [1.54, 1.807) is 11.3 Å².